The minimum Gasteiger partial charge on any atom is -0.257 e. The first-order valence-corrected chi connectivity index (χ1v) is 5.57. The van der Waals surface area contributed by atoms with E-state index in [2.05, 4.69) is 30.3 Å². The Morgan fingerprint density at radius 1 is 1.00 bits per heavy atom. The molecule has 1 saturated carbocycles. The zero-order valence-corrected chi connectivity index (χ0v) is 8.63. The molecule has 75 valence electrons. The number of rotatable bonds is 2. The Balaban J connectivity index is 2.27. The van der Waals surface area contributed by atoms with Crippen molar-refractivity contribution in [1.29, 1.82) is 0 Å². The van der Waals surface area contributed by atoms with Gasteiger partial charge in [-0.2, -0.15) is 0 Å². The molecule has 0 bridgehead atoms. The van der Waals surface area contributed by atoms with Gasteiger partial charge in [0.1, 0.15) is 0 Å². The maximum Gasteiger partial charge on any atom is 0.0197 e. The summed E-state index contributed by atoms with van der Waals surface area (Å²) in [6.07, 6.45) is 6.37. The third-order valence-electron chi connectivity index (χ3n) is 3.54. The largest absolute Gasteiger partial charge is 0.257 e. The van der Waals surface area contributed by atoms with Crippen molar-refractivity contribution in [2.75, 3.05) is 6.54 Å². The van der Waals surface area contributed by atoms with Crippen molar-refractivity contribution in [3.8, 4) is 0 Å². The molecule has 1 radical (unpaired) electrons. The Kier molecular flexibility index (Phi) is 2.87. The Hall–Kier alpha value is -0.820. The molecule has 14 heavy (non-hydrogen) atoms. The monoisotopic (exact) mass is 188 g/mol. The highest BCUT2D eigenvalue weighted by Gasteiger charge is 2.32. The highest BCUT2D eigenvalue weighted by molar-refractivity contribution is 5.26. The van der Waals surface area contributed by atoms with Gasteiger partial charge in [0.05, 0.1) is 0 Å². The van der Waals surface area contributed by atoms with Gasteiger partial charge < -0.3 is 0 Å². The van der Waals surface area contributed by atoms with Crippen LogP contribution in [0.25, 0.3) is 0 Å². The summed E-state index contributed by atoms with van der Waals surface area (Å²) in [6, 6.07) is 10.6. The van der Waals surface area contributed by atoms with Gasteiger partial charge in [0, 0.05) is 12.0 Å². The second kappa shape index (κ2) is 4.14. The van der Waals surface area contributed by atoms with Crippen LogP contribution in [0, 0.1) is 0 Å². The van der Waals surface area contributed by atoms with E-state index >= 15 is 0 Å². The van der Waals surface area contributed by atoms with Gasteiger partial charge in [-0.05, 0) is 18.4 Å². The van der Waals surface area contributed by atoms with E-state index in [1.54, 1.807) is 0 Å². The third kappa shape index (κ3) is 1.69. The van der Waals surface area contributed by atoms with Gasteiger partial charge >= 0.3 is 0 Å². The van der Waals surface area contributed by atoms with Gasteiger partial charge in [0.2, 0.25) is 0 Å². The van der Waals surface area contributed by atoms with Crippen molar-refractivity contribution in [2.24, 2.45) is 0 Å². The fourth-order valence-corrected chi connectivity index (χ4v) is 2.59. The highest BCUT2D eigenvalue weighted by Crippen LogP contribution is 2.38. The lowest BCUT2D eigenvalue weighted by molar-refractivity contribution is 0.298. The van der Waals surface area contributed by atoms with Gasteiger partial charge in [-0.15, -0.1) is 0 Å². The van der Waals surface area contributed by atoms with Gasteiger partial charge in [-0.1, -0.05) is 49.6 Å². The summed E-state index contributed by atoms with van der Waals surface area (Å²) in [5.74, 6) is 0. The molecule has 0 heterocycles. The summed E-state index contributed by atoms with van der Waals surface area (Å²) in [6.45, 7) is 0.553. The Morgan fingerprint density at radius 3 is 2.21 bits per heavy atom. The van der Waals surface area contributed by atoms with E-state index in [-0.39, 0.29) is 5.41 Å². The summed E-state index contributed by atoms with van der Waals surface area (Å²) < 4.78 is 0. The fraction of sp³-hybridized carbons (Fsp3) is 0.538. The van der Waals surface area contributed by atoms with Gasteiger partial charge in [-0.3, -0.25) is 5.73 Å². The zero-order chi connectivity index (χ0) is 9.86. The first-order valence-electron chi connectivity index (χ1n) is 5.57. The van der Waals surface area contributed by atoms with Crippen LogP contribution in [-0.4, -0.2) is 6.54 Å². The second-order valence-electron chi connectivity index (χ2n) is 4.38. The summed E-state index contributed by atoms with van der Waals surface area (Å²) in [4.78, 5) is 0. The molecule has 1 N–H and O–H groups in total. The van der Waals surface area contributed by atoms with Gasteiger partial charge in [0.15, 0.2) is 0 Å². The lowest BCUT2D eigenvalue weighted by Gasteiger charge is -2.36. The minimum absolute atomic E-state index is 0.180. The molecule has 0 amide bonds. The molecular formula is C13H18N. The molecule has 1 aromatic rings. The lowest BCUT2D eigenvalue weighted by Crippen LogP contribution is -2.33. The maximum absolute atomic E-state index is 7.78. The topological polar surface area (TPSA) is 23.8 Å². The van der Waals surface area contributed by atoms with Crippen LogP contribution in [0.5, 0.6) is 0 Å². The van der Waals surface area contributed by atoms with Crippen LogP contribution >= 0.6 is 0 Å². The number of hydrogen-bond donors (Lipinski definition) is 0. The zero-order valence-electron chi connectivity index (χ0n) is 8.63. The quantitative estimate of drug-likeness (QED) is 0.680. The Morgan fingerprint density at radius 2 is 1.64 bits per heavy atom. The van der Waals surface area contributed by atoms with E-state index < -0.39 is 0 Å². The molecule has 1 aliphatic carbocycles. The molecule has 0 saturated heterocycles. The number of nitrogens with one attached hydrogen (secondary N) is 1. The first-order chi connectivity index (χ1) is 6.87. The molecule has 0 aliphatic heterocycles. The molecular weight excluding hydrogens is 170 g/mol. The summed E-state index contributed by atoms with van der Waals surface area (Å²) >= 11 is 0. The van der Waals surface area contributed by atoms with E-state index in [1.807, 2.05) is 0 Å². The SMILES string of the molecule is [NH]CC1(c2ccccc2)CCCCC1. The van der Waals surface area contributed by atoms with E-state index in [4.69, 9.17) is 5.73 Å². The van der Waals surface area contributed by atoms with E-state index in [1.165, 1.54) is 37.7 Å². The van der Waals surface area contributed by atoms with Crippen LogP contribution in [0.1, 0.15) is 37.7 Å². The Labute approximate surface area is 86.3 Å². The van der Waals surface area contributed by atoms with Crippen molar-refractivity contribution in [3.05, 3.63) is 35.9 Å². The molecule has 0 atom stereocenters. The van der Waals surface area contributed by atoms with E-state index in [0.29, 0.717) is 6.54 Å². The average Bonchev–Trinajstić information content (AvgIpc) is 2.31. The molecule has 0 aromatic heterocycles. The standard InChI is InChI=1S/C13H18N/c14-11-13(9-5-2-6-10-13)12-7-3-1-4-8-12/h1,3-4,7-8,14H,2,5-6,9-11H2. The van der Waals surface area contributed by atoms with Crippen LogP contribution in [0.3, 0.4) is 0 Å². The molecule has 1 nitrogen and oxygen atoms in total. The maximum atomic E-state index is 7.78. The third-order valence-corrected chi connectivity index (χ3v) is 3.54. The molecule has 2 rings (SSSR count). The van der Waals surface area contributed by atoms with E-state index in [9.17, 15) is 0 Å². The van der Waals surface area contributed by atoms with Crippen LogP contribution in [-0.2, 0) is 5.41 Å². The molecule has 1 aliphatic rings. The summed E-state index contributed by atoms with van der Waals surface area (Å²) in [7, 11) is 0. The van der Waals surface area contributed by atoms with Crippen LogP contribution in [0.2, 0.25) is 0 Å². The molecule has 1 heteroatoms. The summed E-state index contributed by atoms with van der Waals surface area (Å²) in [5, 5.41) is 0. The minimum atomic E-state index is 0.180. The van der Waals surface area contributed by atoms with Crippen molar-refractivity contribution >= 4 is 0 Å². The van der Waals surface area contributed by atoms with Crippen LogP contribution in [0.4, 0.5) is 0 Å². The van der Waals surface area contributed by atoms with Crippen molar-refractivity contribution in [1.82, 2.24) is 5.73 Å². The fourth-order valence-electron chi connectivity index (χ4n) is 2.59. The van der Waals surface area contributed by atoms with Crippen LogP contribution < -0.4 is 5.73 Å². The predicted molar refractivity (Wildman–Crippen MR) is 59.2 cm³/mol. The summed E-state index contributed by atoms with van der Waals surface area (Å²) in [5.41, 5.74) is 9.35. The normalized spacial score (nSPS) is 20.6. The average molecular weight is 188 g/mol. The number of hydrogen-bond acceptors (Lipinski definition) is 0. The lowest BCUT2D eigenvalue weighted by atomic mass is 9.69. The first kappa shape index (κ1) is 9.72. The molecule has 0 spiro atoms. The van der Waals surface area contributed by atoms with Crippen molar-refractivity contribution in [3.63, 3.8) is 0 Å². The highest BCUT2D eigenvalue weighted by atomic mass is 14.6. The van der Waals surface area contributed by atoms with E-state index in [0.717, 1.165) is 0 Å². The van der Waals surface area contributed by atoms with Crippen LogP contribution in [0.15, 0.2) is 30.3 Å². The van der Waals surface area contributed by atoms with Crippen molar-refractivity contribution in [2.45, 2.75) is 37.5 Å². The van der Waals surface area contributed by atoms with Gasteiger partial charge in [-0.25, -0.2) is 0 Å². The number of benzene rings is 1. The smallest absolute Gasteiger partial charge is 0.0197 e. The molecule has 0 unspecified atom stereocenters. The predicted octanol–water partition coefficient (Wildman–Crippen LogP) is 3.17. The van der Waals surface area contributed by atoms with Gasteiger partial charge in [0.25, 0.3) is 0 Å². The van der Waals surface area contributed by atoms with Crippen molar-refractivity contribution < 1.29 is 0 Å². The molecule has 1 fully saturated rings. The Bertz CT molecular complexity index is 273. The molecule has 1 aromatic carbocycles. The second-order valence-corrected chi connectivity index (χ2v) is 4.38.